The summed E-state index contributed by atoms with van der Waals surface area (Å²) in [4.78, 5) is 16.5. The summed E-state index contributed by atoms with van der Waals surface area (Å²) in [6.45, 7) is 7.58. The first-order chi connectivity index (χ1) is 8.87. The second-order valence-corrected chi connectivity index (χ2v) is 5.35. The van der Waals surface area contributed by atoms with Crippen LogP contribution in [-0.4, -0.2) is 10.8 Å². The fourth-order valence-corrected chi connectivity index (χ4v) is 2.17. The first kappa shape index (κ1) is 13.2. The standard InChI is InChI=1S/C16H16N2O/c1-10-5-6-12(9-18-10)14-7-13(8-17)15(19)16(3,4)11(14)2/h5-7,9H,1-4H3. The van der Waals surface area contributed by atoms with Crippen LogP contribution in [-0.2, 0) is 4.79 Å². The zero-order valence-electron chi connectivity index (χ0n) is 11.6. The fourth-order valence-electron chi connectivity index (χ4n) is 2.17. The molecule has 0 saturated carbocycles. The van der Waals surface area contributed by atoms with E-state index in [2.05, 4.69) is 4.98 Å². The predicted octanol–water partition coefficient (Wildman–Crippen LogP) is 3.22. The number of allylic oxidation sites excluding steroid dienone is 4. The van der Waals surface area contributed by atoms with Gasteiger partial charge in [-0.2, -0.15) is 5.26 Å². The van der Waals surface area contributed by atoms with Crippen LogP contribution in [0.5, 0.6) is 0 Å². The van der Waals surface area contributed by atoms with Gasteiger partial charge in [0.15, 0.2) is 5.78 Å². The summed E-state index contributed by atoms with van der Waals surface area (Å²) in [5.74, 6) is -0.115. The summed E-state index contributed by atoms with van der Waals surface area (Å²) in [5, 5.41) is 9.11. The Bertz CT molecular complexity index is 640. The quantitative estimate of drug-likeness (QED) is 0.771. The highest BCUT2D eigenvalue weighted by molar-refractivity contribution is 6.10. The van der Waals surface area contributed by atoms with Crippen LogP contribution in [0.4, 0.5) is 0 Å². The number of nitrogens with zero attached hydrogens (tertiary/aromatic N) is 2. The minimum Gasteiger partial charge on any atom is -0.292 e. The van der Waals surface area contributed by atoms with Gasteiger partial charge < -0.3 is 0 Å². The average Bonchev–Trinajstić information content (AvgIpc) is 2.39. The first-order valence-electron chi connectivity index (χ1n) is 6.19. The van der Waals surface area contributed by atoms with Gasteiger partial charge in [-0.05, 0) is 45.4 Å². The Hall–Kier alpha value is -2.21. The molecule has 1 heterocycles. The molecule has 19 heavy (non-hydrogen) atoms. The van der Waals surface area contributed by atoms with Gasteiger partial charge >= 0.3 is 0 Å². The van der Waals surface area contributed by atoms with E-state index in [4.69, 9.17) is 5.26 Å². The fraction of sp³-hybridized carbons (Fsp3) is 0.312. The summed E-state index contributed by atoms with van der Waals surface area (Å²) < 4.78 is 0. The molecule has 0 fully saturated rings. The van der Waals surface area contributed by atoms with Gasteiger partial charge in [0, 0.05) is 17.5 Å². The van der Waals surface area contributed by atoms with Crippen molar-refractivity contribution in [3.63, 3.8) is 0 Å². The lowest BCUT2D eigenvalue weighted by atomic mass is 9.71. The van der Waals surface area contributed by atoms with E-state index in [9.17, 15) is 4.79 Å². The van der Waals surface area contributed by atoms with Crippen LogP contribution in [0, 0.1) is 23.7 Å². The zero-order valence-corrected chi connectivity index (χ0v) is 11.6. The molecule has 96 valence electrons. The highest BCUT2D eigenvalue weighted by Gasteiger charge is 2.37. The van der Waals surface area contributed by atoms with Crippen molar-refractivity contribution >= 4 is 11.4 Å². The number of hydrogen-bond acceptors (Lipinski definition) is 3. The lowest BCUT2D eigenvalue weighted by Gasteiger charge is -2.30. The zero-order chi connectivity index (χ0) is 14.2. The number of carbonyl (C=O) groups is 1. The van der Waals surface area contributed by atoms with E-state index in [0.717, 1.165) is 22.4 Å². The monoisotopic (exact) mass is 252 g/mol. The van der Waals surface area contributed by atoms with Crippen LogP contribution >= 0.6 is 0 Å². The van der Waals surface area contributed by atoms with E-state index in [1.165, 1.54) is 0 Å². The van der Waals surface area contributed by atoms with Crippen LogP contribution in [0.25, 0.3) is 5.57 Å². The average molecular weight is 252 g/mol. The van der Waals surface area contributed by atoms with Gasteiger partial charge in [-0.25, -0.2) is 0 Å². The molecule has 0 aliphatic heterocycles. The maximum atomic E-state index is 12.2. The SMILES string of the molecule is CC1=C(c2ccc(C)nc2)C=C(C#N)C(=O)C1(C)C. The normalized spacial score (nSPS) is 18.1. The van der Waals surface area contributed by atoms with Crippen LogP contribution in [0.1, 0.15) is 32.0 Å². The molecule has 1 aliphatic carbocycles. The molecule has 1 aromatic heterocycles. The smallest absolute Gasteiger partial charge is 0.183 e. The number of hydrogen-bond donors (Lipinski definition) is 0. The molecule has 3 nitrogen and oxygen atoms in total. The number of carbonyl (C=O) groups excluding carboxylic acids is 1. The summed E-state index contributed by atoms with van der Waals surface area (Å²) in [7, 11) is 0. The largest absolute Gasteiger partial charge is 0.292 e. The second kappa shape index (κ2) is 4.47. The molecule has 0 aromatic carbocycles. The number of aromatic nitrogens is 1. The number of rotatable bonds is 1. The van der Waals surface area contributed by atoms with E-state index in [0.29, 0.717) is 0 Å². The third-order valence-corrected chi connectivity index (χ3v) is 3.79. The van der Waals surface area contributed by atoms with Crippen LogP contribution in [0.15, 0.2) is 35.6 Å². The lowest BCUT2D eigenvalue weighted by molar-refractivity contribution is -0.121. The van der Waals surface area contributed by atoms with Crippen molar-refractivity contribution in [2.45, 2.75) is 27.7 Å². The van der Waals surface area contributed by atoms with Crippen molar-refractivity contribution in [1.29, 1.82) is 5.26 Å². The minimum absolute atomic E-state index is 0.115. The molecule has 0 spiro atoms. The van der Waals surface area contributed by atoms with Crippen LogP contribution in [0.2, 0.25) is 0 Å². The van der Waals surface area contributed by atoms with E-state index >= 15 is 0 Å². The summed E-state index contributed by atoms with van der Waals surface area (Å²) in [6, 6.07) is 5.90. The van der Waals surface area contributed by atoms with E-state index in [1.54, 1.807) is 12.3 Å². The van der Waals surface area contributed by atoms with Crippen molar-refractivity contribution in [1.82, 2.24) is 4.98 Å². The van der Waals surface area contributed by atoms with Crippen molar-refractivity contribution in [3.8, 4) is 6.07 Å². The van der Waals surface area contributed by atoms with Gasteiger partial charge in [0.2, 0.25) is 0 Å². The molecule has 1 aliphatic rings. The van der Waals surface area contributed by atoms with Gasteiger partial charge in [-0.15, -0.1) is 0 Å². The minimum atomic E-state index is -0.639. The molecular weight excluding hydrogens is 236 g/mol. The maximum Gasteiger partial charge on any atom is 0.183 e. The maximum absolute atomic E-state index is 12.2. The van der Waals surface area contributed by atoms with E-state index < -0.39 is 5.41 Å². The van der Waals surface area contributed by atoms with Gasteiger partial charge in [0.25, 0.3) is 0 Å². The van der Waals surface area contributed by atoms with E-state index in [-0.39, 0.29) is 11.4 Å². The number of pyridine rings is 1. The second-order valence-electron chi connectivity index (χ2n) is 5.35. The third-order valence-electron chi connectivity index (χ3n) is 3.79. The number of ketones is 1. The number of aryl methyl sites for hydroxylation is 1. The van der Waals surface area contributed by atoms with Gasteiger partial charge in [0.05, 0.1) is 11.0 Å². The third kappa shape index (κ3) is 2.10. The number of nitriles is 1. The molecule has 3 heteroatoms. The van der Waals surface area contributed by atoms with Crippen molar-refractivity contribution in [3.05, 3.63) is 46.8 Å². The van der Waals surface area contributed by atoms with Crippen LogP contribution < -0.4 is 0 Å². The lowest BCUT2D eigenvalue weighted by Crippen LogP contribution is -2.30. The summed E-state index contributed by atoms with van der Waals surface area (Å²) in [5.41, 5.74) is 3.36. The Morgan fingerprint density at radius 2 is 1.95 bits per heavy atom. The van der Waals surface area contributed by atoms with Crippen molar-refractivity contribution < 1.29 is 4.79 Å². The molecule has 0 radical (unpaired) electrons. The summed E-state index contributed by atoms with van der Waals surface area (Å²) >= 11 is 0. The molecule has 2 rings (SSSR count). The Morgan fingerprint density at radius 3 is 2.47 bits per heavy atom. The number of Topliss-reactive ketones (excluding diaryl/α,β-unsaturated/α-hetero) is 1. The molecule has 1 aromatic rings. The Labute approximate surface area is 113 Å². The Balaban J connectivity index is 2.64. The van der Waals surface area contributed by atoms with Crippen LogP contribution in [0.3, 0.4) is 0 Å². The topological polar surface area (TPSA) is 53.8 Å². The molecule has 0 unspecified atom stereocenters. The molecule has 0 amide bonds. The van der Waals surface area contributed by atoms with Gasteiger partial charge in [0.1, 0.15) is 6.07 Å². The molecule has 0 bridgehead atoms. The Morgan fingerprint density at radius 1 is 1.26 bits per heavy atom. The molecule has 0 saturated heterocycles. The molecule has 0 N–H and O–H groups in total. The highest BCUT2D eigenvalue weighted by atomic mass is 16.1. The van der Waals surface area contributed by atoms with Crippen molar-refractivity contribution in [2.75, 3.05) is 0 Å². The molecular formula is C16H16N2O. The van der Waals surface area contributed by atoms with Crippen molar-refractivity contribution in [2.24, 2.45) is 5.41 Å². The predicted molar refractivity (Wildman–Crippen MR) is 74.1 cm³/mol. The van der Waals surface area contributed by atoms with E-state index in [1.807, 2.05) is 45.9 Å². The summed E-state index contributed by atoms with van der Waals surface area (Å²) in [6.07, 6.45) is 3.46. The first-order valence-corrected chi connectivity index (χ1v) is 6.19. The van der Waals surface area contributed by atoms with Gasteiger partial charge in [-0.1, -0.05) is 11.6 Å². The molecule has 0 atom stereocenters. The Kier molecular flexibility index (Phi) is 3.11. The highest BCUT2D eigenvalue weighted by Crippen LogP contribution is 2.40. The van der Waals surface area contributed by atoms with Gasteiger partial charge in [-0.3, -0.25) is 9.78 Å².